The minimum absolute atomic E-state index is 0.0401. The van der Waals surface area contributed by atoms with Gasteiger partial charge in [0.1, 0.15) is 5.69 Å². The Morgan fingerprint density at radius 1 is 1.11 bits per heavy atom. The normalized spacial score (nSPS) is 10.3. The number of nitrogens with one attached hydrogen (secondary N) is 1. The lowest BCUT2D eigenvalue weighted by Gasteiger charge is -2.06. The molecule has 5 heteroatoms. The van der Waals surface area contributed by atoms with Gasteiger partial charge >= 0.3 is 11.9 Å². The van der Waals surface area contributed by atoms with E-state index in [9.17, 15) is 9.59 Å². The Morgan fingerprint density at radius 2 is 1.78 bits per heavy atom. The molecule has 2 aromatic rings. The van der Waals surface area contributed by atoms with Crippen LogP contribution in [-0.4, -0.2) is 27.1 Å². The van der Waals surface area contributed by atoms with Crippen molar-refractivity contribution in [3.05, 3.63) is 47.3 Å². The van der Waals surface area contributed by atoms with Crippen LogP contribution in [0.4, 0.5) is 0 Å². The van der Waals surface area contributed by atoms with Gasteiger partial charge in [-0.15, -0.1) is 0 Å². The number of carboxylic acids is 2. The molecule has 1 heterocycles. The number of H-pyrrole nitrogens is 1. The van der Waals surface area contributed by atoms with E-state index in [1.807, 2.05) is 6.07 Å². The van der Waals surface area contributed by atoms with Crippen molar-refractivity contribution in [2.24, 2.45) is 0 Å². The van der Waals surface area contributed by atoms with Crippen LogP contribution < -0.4 is 0 Å². The van der Waals surface area contributed by atoms with Crippen molar-refractivity contribution >= 4 is 11.9 Å². The summed E-state index contributed by atoms with van der Waals surface area (Å²) in [5.41, 5.74) is 1.49. The highest BCUT2D eigenvalue weighted by Gasteiger charge is 2.22. The van der Waals surface area contributed by atoms with Gasteiger partial charge in [0.05, 0.1) is 5.56 Å². The summed E-state index contributed by atoms with van der Waals surface area (Å²) in [6, 6.07) is 7.07. The summed E-state index contributed by atoms with van der Waals surface area (Å²) in [5.74, 6) is -2.34. The first-order valence-corrected chi connectivity index (χ1v) is 5.26. The molecule has 2 rings (SSSR count). The highest BCUT2D eigenvalue weighted by atomic mass is 16.4. The Hall–Kier alpha value is -2.56. The summed E-state index contributed by atoms with van der Waals surface area (Å²) >= 11 is 0. The van der Waals surface area contributed by atoms with Gasteiger partial charge in [0.2, 0.25) is 0 Å². The molecular formula is C13H11NO4. The molecule has 0 aliphatic rings. The summed E-state index contributed by atoms with van der Waals surface area (Å²) in [4.78, 5) is 24.7. The number of carbonyl (C=O) groups is 2. The van der Waals surface area contributed by atoms with Crippen LogP contribution in [0, 0.1) is 6.92 Å². The Labute approximate surface area is 103 Å². The van der Waals surface area contributed by atoms with E-state index in [0.29, 0.717) is 5.56 Å². The molecule has 0 amide bonds. The van der Waals surface area contributed by atoms with E-state index in [1.165, 1.54) is 6.20 Å². The van der Waals surface area contributed by atoms with Gasteiger partial charge in [-0.25, -0.2) is 9.59 Å². The highest BCUT2D eigenvalue weighted by Crippen LogP contribution is 2.30. The van der Waals surface area contributed by atoms with Gasteiger partial charge < -0.3 is 15.2 Å². The van der Waals surface area contributed by atoms with E-state index in [0.717, 1.165) is 5.56 Å². The smallest absolute Gasteiger partial charge is 0.352 e. The van der Waals surface area contributed by atoms with Gasteiger partial charge in [-0.2, -0.15) is 0 Å². The summed E-state index contributed by atoms with van der Waals surface area (Å²) in [6.07, 6.45) is 1.20. The minimum Gasteiger partial charge on any atom is -0.478 e. The quantitative estimate of drug-likeness (QED) is 0.774. The number of aryl methyl sites for hydroxylation is 1. The Bertz CT molecular complexity index is 596. The number of hydrogen-bond acceptors (Lipinski definition) is 2. The largest absolute Gasteiger partial charge is 0.478 e. The third-order valence-corrected chi connectivity index (χ3v) is 2.74. The molecule has 0 aliphatic heterocycles. The van der Waals surface area contributed by atoms with Crippen molar-refractivity contribution in [2.45, 2.75) is 6.92 Å². The van der Waals surface area contributed by atoms with Gasteiger partial charge in [0.25, 0.3) is 0 Å². The second-order valence-corrected chi connectivity index (χ2v) is 3.88. The maximum absolute atomic E-state index is 11.1. The summed E-state index contributed by atoms with van der Waals surface area (Å²) < 4.78 is 0. The fraction of sp³-hybridized carbons (Fsp3) is 0.0769. The number of hydrogen-bond donors (Lipinski definition) is 3. The zero-order chi connectivity index (χ0) is 13.3. The molecule has 92 valence electrons. The number of rotatable bonds is 3. The van der Waals surface area contributed by atoms with Crippen LogP contribution in [0.3, 0.4) is 0 Å². The fourth-order valence-corrected chi connectivity index (χ4v) is 1.89. The van der Waals surface area contributed by atoms with E-state index in [1.54, 1.807) is 25.1 Å². The molecule has 0 bridgehead atoms. The fourth-order valence-electron chi connectivity index (χ4n) is 1.89. The molecule has 0 fully saturated rings. The van der Waals surface area contributed by atoms with Crippen LogP contribution >= 0.6 is 0 Å². The SMILES string of the molecule is Cc1ccccc1-c1c(C(=O)O)c[nH]c1C(=O)O. The lowest BCUT2D eigenvalue weighted by atomic mass is 9.97. The standard InChI is InChI=1S/C13H11NO4/c1-7-4-2-3-5-8(7)10-9(12(15)16)6-14-11(10)13(17)18/h2-6,14H,1H3,(H,15,16)(H,17,18). The molecule has 1 aromatic carbocycles. The van der Waals surface area contributed by atoms with Crippen molar-refractivity contribution in [3.8, 4) is 11.1 Å². The van der Waals surface area contributed by atoms with Gasteiger partial charge in [-0.05, 0) is 18.1 Å². The van der Waals surface area contributed by atoms with Crippen molar-refractivity contribution in [2.75, 3.05) is 0 Å². The van der Waals surface area contributed by atoms with Crippen molar-refractivity contribution in [1.29, 1.82) is 0 Å². The molecule has 0 saturated carbocycles. The maximum atomic E-state index is 11.1. The van der Waals surface area contributed by atoms with Gasteiger partial charge in [-0.1, -0.05) is 24.3 Å². The number of benzene rings is 1. The average Bonchev–Trinajstić information content (AvgIpc) is 2.74. The number of aromatic amines is 1. The predicted octanol–water partition coefficient (Wildman–Crippen LogP) is 2.39. The number of aromatic nitrogens is 1. The topological polar surface area (TPSA) is 90.4 Å². The van der Waals surface area contributed by atoms with E-state index in [-0.39, 0.29) is 16.8 Å². The second kappa shape index (κ2) is 4.37. The lowest BCUT2D eigenvalue weighted by molar-refractivity contribution is 0.0688. The Morgan fingerprint density at radius 3 is 2.33 bits per heavy atom. The third kappa shape index (κ3) is 1.86. The van der Waals surface area contributed by atoms with Gasteiger partial charge in [0.15, 0.2) is 0 Å². The molecule has 0 unspecified atom stereocenters. The minimum atomic E-state index is -1.18. The summed E-state index contributed by atoms with van der Waals surface area (Å²) in [5, 5.41) is 18.2. The van der Waals surface area contributed by atoms with Crippen molar-refractivity contribution < 1.29 is 19.8 Å². The van der Waals surface area contributed by atoms with Crippen LogP contribution in [0.5, 0.6) is 0 Å². The van der Waals surface area contributed by atoms with E-state index < -0.39 is 11.9 Å². The summed E-state index contributed by atoms with van der Waals surface area (Å²) in [6.45, 7) is 1.81. The molecule has 0 saturated heterocycles. The average molecular weight is 245 g/mol. The van der Waals surface area contributed by atoms with Crippen molar-refractivity contribution in [1.82, 2.24) is 4.98 Å². The number of aromatic carboxylic acids is 2. The third-order valence-electron chi connectivity index (χ3n) is 2.74. The van der Waals surface area contributed by atoms with Gasteiger partial charge in [0, 0.05) is 11.8 Å². The zero-order valence-corrected chi connectivity index (χ0v) is 9.60. The summed E-state index contributed by atoms with van der Waals surface area (Å²) in [7, 11) is 0. The van der Waals surface area contributed by atoms with E-state index in [2.05, 4.69) is 4.98 Å². The van der Waals surface area contributed by atoms with E-state index >= 15 is 0 Å². The first kappa shape index (κ1) is 11.9. The molecule has 0 atom stereocenters. The van der Waals surface area contributed by atoms with Crippen LogP contribution in [0.25, 0.3) is 11.1 Å². The lowest BCUT2D eigenvalue weighted by Crippen LogP contribution is -2.02. The van der Waals surface area contributed by atoms with Gasteiger partial charge in [-0.3, -0.25) is 0 Å². The molecular weight excluding hydrogens is 234 g/mol. The molecule has 0 spiro atoms. The van der Waals surface area contributed by atoms with Crippen LogP contribution in [0.2, 0.25) is 0 Å². The second-order valence-electron chi connectivity index (χ2n) is 3.88. The van der Waals surface area contributed by atoms with Crippen molar-refractivity contribution in [3.63, 3.8) is 0 Å². The number of carboxylic acid groups (broad SMARTS) is 2. The van der Waals surface area contributed by atoms with E-state index in [4.69, 9.17) is 10.2 Å². The molecule has 1 aromatic heterocycles. The zero-order valence-electron chi connectivity index (χ0n) is 9.60. The predicted molar refractivity (Wildman–Crippen MR) is 64.9 cm³/mol. The molecule has 18 heavy (non-hydrogen) atoms. The highest BCUT2D eigenvalue weighted by molar-refractivity contribution is 6.04. The Balaban J connectivity index is 2.76. The molecule has 0 aliphatic carbocycles. The first-order valence-electron chi connectivity index (χ1n) is 5.26. The van der Waals surface area contributed by atoms with Crippen LogP contribution in [-0.2, 0) is 0 Å². The first-order chi connectivity index (χ1) is 8.52. The molecule has 0 radical (unpaired) electrons. The van der Waals surface area contributed by atoms with Crippen LogP contribution in [0.1, 0.15) is 26.4 Å². The van der Waals surface area contributed by atoms with Crippen LogP contribution in [0.15, 0.2) is 30.5 Å². The maximum Gasteiger partial charge on any atom is 0.352 e. The molecule has 5 nitrogen and oxygen atoms in total. The molecule has 3 N–H and O–H groups in total. The Kier molecular flexibility index (Phi) is 2.89. The monoisotopic (exact) mass is 245 g/mol.